The van der Waals surface area contributed by atoms with Gasteiger partial charge >= 0.3 is 5.97 Å². The number of pyridine rings is 1. The van der Waals surface area contributed by atoms with E-state index in [1.54, 1.807) is 0 Å². The zero-order valence-corrected chi connectivity index (χ0v) is 21.8. The number of fused-ring (bicyclic) bond motifs is 2. The van der Waals surface area contributed by atoms with Crippen molar-refractivity contribution in [2.75, 3.05) is 6.61 Å². The predicted molar refractivity (Wildman–Crippen MR) is 149 cm³/mol. The van der Waals surface area contributed by atoms with Gasteiger partial charge in [-0.05, 0) is 91.1 Å². The lowest BCUT2D eigenvalue weighted by atomic mass is 9.80. The number of benzene rings is 3. The quantitative estimate of drug-likeness (QED) is 0.218. The summed E-state index contributed by atoms with van der Waals surface area (Å²) < 4.78 is 5.70. The molecule has 0 saturated carbocycles. The van der Waals surface area contributed by atoms with Gasteiger partial charge in [-0.2, -0.15) is 0 Å². The van der Waals surface area contributed by atoms with Crippen molar-refractivity contribution in [3.05, 3.63) is 111 Å². The molecule has 4 aromatic rings. The smallest absolute Gasteiger partial charge is 0.339 e. The van der Waals surface area contributed by atoms with Crippen molar-refractivity contribution in [2.45, 2.75) is 40.5 Å². The average Bonchev–Trinajstić information content (AvgIpc) is 2.88. The molecule has 1 heterocycles. The number of aryl methyl sites for hydroxylation is 3. The highest BCUT2D eigenvalue weighted by Crippen LogP contribution is 2.38. The van der Waals surface area contributed by atoms with Crippen molar-refractivity contribution in [1.82, 2.24) is 4.98 Å². The fourth-order valence-corrected chi connectivity index (χ4v) is 5.26. The number of para-hydroxylation sites is 1. The first-order valence-electron chi connectivity index (χ1n) is 12.8. The van der Waals surface area contributed by atoms with Crippen molar-refractivity contribution in [2.24, 2.45) is 5.92 Å². The molecule has 0 aliphatic heterocycles. The van der Waals surface area contributed by atoms with Crippen LogP contribution in [0.2, 0.25) is 0 Å². The summed E-state index contributed by atoms with van der Waals surface area (Å²) in [5.74, 6) is -0.325. The molecule has 0 bridgehead atoms. The predicted octanol–water partition coefficient (Wildman–Crippen LogP) is 7.32. The highest BCUT2D eigenvalue weighted by molar-refractivity contribution is 6.08. The Bertz CT molecular complexity index is 1550. The molecule has 0 spiro atoms. The number of esters is 1. The van der Waals surface area contributed by atoms with E-state index in [0.29, 0.717) is 17.0 Å². The van der Waals surface area contributed by atoms with Gasteiger partial charge < -0.3 is 4.74 Å². The van der Waals surface area contributed by atoms with Gasteiger partial charge in [-0.15, -0.1) is 0 Å². The summed E-state index contributed by atoms with van der Waals surface area (Å²) in [4.78, 5) is 31.6. The van der Waals surface area contributed by atoms with E-state index in [4.69, 9.17) is 9.72 Å². The zero-order valence-electron chi connectivity index (χ0n) is 21.8. The fraction of sp³-hybridized carbons (Fsp3) is 0.242. The monoisotopic (exact) mass is 489 g/mol. The number of Topliss-reactive ketones (excluding diaryl/α,β-unsaturated/α-hetero) is 1. The van der Waals surface area contributed by atoms with Gasteiger partial charge in [0.05, 0.1) is 16.8 Å². The SMILES string of the molecule is Cc1cc(C)c(C(=O)COC(=O)c2c3c(nc4ccccc24)C(=Cc2ccccc2)CC(C)C3)cc1C. The van der Waals surface area contributed by atoms with Crippen LogP contribution in [0.15, 0.2) is 66.7 Å². The fourth-order valence-electron chi connectivity index (χ4n) is 5.26. The lowest BCUT2D eigenvalue weighted by molar-refractivity contribution is 0.0475. The third-order valence-electron chi connectivity index (χ3n) is 7.24. The van der Waals surface area contributed by atoms with Gasteiger partial charge in [-0.1, -0.05) is 61.5 Å². The number of carbonyl (C=O) groups is 2. The lowest BCUT2D eigenvalue weighted by Gasteiger charge is -2.26. The maximum Gasteiger partial charge on any atom is 0.339 e. The Balaban J connectivity index is 1.54. The lowest BCUT2D eigenvalue weighted by Crippen LogP contribution is -2.21. The van der Waals surface area contributed by atoms with Crippen LogP contribution in [0.25, 0.3) is 22.6 Å². The number of ether oxygens (including phenoxy) is 1. The second kappa shape index (κ2) is 10.1. The minimum absolute atomic E-state index is 0.195. The number of aromatic nitrogens is 1. The number of hydrogen-bond donors (Lipinski definition) is 0. The van der Waals surface area contributed by atoms with Crippen LogP contribution in [0.5, 0.6) is 0 Å². The van der Waals surface area contributed by atoms with Crippen LogP contribution < -0.4 is 0 Å². The maximum absolute atomic E-state index is 13.6. The topological polar surface area (TPSA) is 56.3 Å². The second-order valence-electron chi connectivity index (χ2n) is 10.2. The molecule has 5 rings (SSSR count). The Morgan fingerprint density at radius 3 is 2.41 bits per heavy atom. The molecule has 1 aliphatic carbocycles. The van der Waals surface area contributed by atoms with Crippen molar-refractivity contribution in [3.63, 3.8) is 0 Å². The molecule has 0 fully saturated rings. The van der Waals surface area contributed by atoms with Crippen molar-refractivity contribution < 1.29 is 14.3 Å². The summed E-state index contributed by atoms with van der Waals surface area (Å²) in [6.07, 6.45) is 3.78. The average molecular weight is 490 g/mol. The van der Waals surface area contributed by atoms with Gasteiger partial charge in [0.2, 0.25) is 5.78 Å². The number of carbonyl (C=O) groups excluding carboxylic acids is 2. The molecular formula is C33H31NO3. The highest BCUT2D eigenvalue weighted by atomic mass is 16.5. The van der Waals surface area contributed by atoms with Crippen LogP contribution in [-0.2, 0) is 11.2 Å². The highest BCUT2D eigenvalue weighted by Gasteiger charge is 2.29. The molecular weight excluding hydrogens is 458 g/mol. The normalized spacial score (nSPS) is 16.0. The van der Waals surface area contributed by atoms with E-state index in [2.05, 4.69) is 25.1 Å². The molecule has 0 radical (unpaired) electrons. The molecule has 37 heavy (non-hydrogen) atoms. The van der Waals surface area contributed by atoms with E-state index in [-0.39, 0.29) is 12.4 Å². The number of ketones is 1. The third kappa shape index (κ3) is 4.97. The summed E-state index contributed by atoms with van der Waals surface area (Å²) in [6, 6.07) is 21.7. The molecule has 4 heteroatoms. The van der Waals surface area contributed by atoms with Crippen molar-refractivity contribution in [3.8, 4) is 0 Å². The van der Waals surface area contributed by atoms with Crippen molar-refractivity contribution >= 4 is 34.3 Å². The molecule has 1 atom stereocenters. The molecule has 3 aromatic carbocycles. The van der Waals surface area contributed by atoms with Crippen LogP contribution in [0.4, 0.5) is 0 Å². The molecule has 1 aromatic heterocycles. The molecule has 0 amide bonds. The van der Waals surface area contributed by atoms with Gasteiger partial charge in [0, 0.05) is 10.9 Å². The Morgan fingerprint density at radius 1 is 0.919 bits per heavy atom. The van der Waals surface area contributed by atoms with E-state index in [0.717, 1.165) is 62.8 Å². The summed E-state index contributed by atoms with van der Waals surface area (Å²) in [7, 11) is 0. The van der Waals surface area contributed by atoms with Gasteiger partial charge in [0.15, 0.2) is 6.61 Å². The first-order valence-corrected chi connectivity index (χ1v) is 12.8. The minimum atomic E-state index is -0.474. The van der Waals surface area contributed by atoms with E-state index in [9.17, 15) is 9.59 Å². The molecule has 1 unspecified atom stereocenters. The summed E-state index contributed by atoms with van der Waals surface area (Å²) >= 11 is 0. The van der Waals surface area contributed by atoms with E-state index >= 15 is 0 Å². The van der Waals surface area contributed by atoms with Gasteiger partial charge in [-0.25, -0.2) is 9.78 Å². The van der Waals surface area contributed by atoms with Crippen LogP contribution >= 0.6 is 0 Å². The molecule has 1 aliphatic rings. The molecule has 0 N–H and O–H groups in total. The number of nitrogens with zero attached hydrogens (tertiary/aromatic N) is 1. The van der Waals surface area contributed by atoms with Gasteiger partial charge in [0.1, 0.15) is 0 Å². The van der Waals surface area contributed by atoms with Gasteiger partial charge in [-0.3, -0.25) is 4.79 Å². The zero-order chi connectivity index (χ0) is 26.1. The Kier molecular flexibility index (Phi) is 6.75. The first-order chi connectivity index (χ1) is 17.8. The summed E-state index contributed by atoms with van der Waals surface area (Å²) in [6.45, 7) is 7.81. The minimum Gasteiger partial charge on any atom is -0.454 e. The molecule has 4 nitrogen and oxygen atoms in total. The van der Waals surface area contributed by atoms with Crippen LogP contribution in [0.3, 0.4) is 0 Å². The number of rotatable bonds is 5. The summed E-state index contributed by atoms with van der Waals surface area (Å²) in [5, 5.41) is 0.759. The standard InChI is InChI=1S/C33H31NO3/c1-20-14-25(18-24-10-6-5-7-11-24)32-28(15-20)31(26-12-8-9-13-29(26)34-32)33(36)37-19-30(35)27-17-22(3)21(2)16-23(27)4/h5-13,16-18,20H,14-15,19H2,1-4H3. The molecule has 0 saturated heterocycles. The van der Waals surface area contributed by atoms with Crippen LogP contribution in [-0.4, -0.2) is 23.3 Å². The van der Waals surface area contributed by atoms with E-state index in [1.807, 2.05) is 75.4 Å². The largest absolute Gasteiger partial charge is 0.454 e. The van der Waals surface area contributed by atoms with E-state index in [1.165, 1.54) is 0 Å². The number of hydrogen-bond acceptors (Lipinski definition) is 4. The molecule has 186 valence electrons. The maximum atomic E-state index is 13.6. The third-order valence-corrected chi connectivity index (χ3v) is 7.24. The second-order valence-corrected chi connectivity index (χ2v) is 10.2. The first kappa shape index (κ1) is 24.6. The van der Waals surface area contributed by atoms with Crippen molar-refractivity contribution in [1.29, 1.82) is 0 Å². The van der Waals surface area contributed by atoms with E-state index < -0.39 is 5.97 Å². The van der Waals surface area contributed by atoms with Crippen LogP contribution in [0, 0.1) is 26.7 Å². The Morgan fingerprint density at radius 2 is 1.62 bits per heavy atom. The Labute approximate surface area is 218 Å². The van der Waals surface area contributed by atoms with Crippen LogP contribution in [0.1, 0.15) is 67.6 Å². The summed E-state index contributed by atoms with van der Waals surface area (Å²) in [5.41, 5.74) is 8.90. The Hall–Kier alpha value is -4.05. The number of allylic oxidation sites excluding steroid dienone is 1. The van der Waals surface area contributed by atoms with Gasteiger partial charge in [0.25, 0.3) is 0 Å².